The van der Waals surface area contributed by atoms with E-state index in [1.165, 1.54) is 16.5 Å². The van der Waals surface area contributed by atoms with Gasteiger partial charge < -0.3 is 4.42 Å². The van der Waals surface area contributed by atoms with Crippen LogP contribution in [0.5, 0.6) is 0 Å². The number of hydrogen-bond donors (Lipinski definition) is 0. The summed E-state index contributed by atoms with van der Waals surface area (Å²) in [5.41, 5.74) is 11.1. The number of nitrogens with zero attached hydrogens (tertiary/aromatic N) is 2. The van der Waals surface area contributed by atoms with Crippen molar-refractivity contribution in [2.75, 3.05) is 0 Å². The Morgan fingerprint density at radius 3 is 1.60 bits per heavy atom. The Morgan fingerprint density at radius 2 is 0.894 bits per heavy atom. The quantitative estimate of drug-likeness (QED) is 0.197. The van der Waals surface area contributed by atoms with E-state index >= 15 is 0 Å². The third-order valence-electron chi connectivity index (χ3n) is 8.91. The fraction of sp³-hybridized carbons (Fsp3) is 0. The van der Waals surface area contributed by atoms with Crippen molar-refractivity contribution < 1.29 is 4.42 Å². The third-order valence-corrected chi connectivity index (χ3v) is 8.91. The minimum absolute atomic E-state index is 0.690. The van der Waals surface area contributed by atoms with Gasteiger partial charge in [-0.05, 0) is 58.0 Å². The van der Waals surface area contributed by atoms with Crippen LogP contribution in [0, 0.1) is 0 Å². The highest BCUT2D eigenvalue weighted by Gasteiger charge is 2.18. The lowest BCUT2D eigenvalue weighted by Gasteiger charge is -2.13. The van der Waals surface area contributed by atoms with Gasteiger partial charge in [-0.25, -0.2) is 9.97 Å². The van der Waals surface area contributed by atoms with Crippen LogP contribution in [0.25, 0.3) is 88.9 Å². The van der Waals surface area contributed by atoms with E-state index in [2.05, 4.69) is 146 Å². The van der Waals surface area contributed by atoms with E-state index in [1.54, 1.807) is 0 Å². The topological polar surface area (TPSA) is 38.9 Å². The highest BCUT2D eigenvalue weighted by atomic mass is 16.3. The molecule has 7 aromatic carbocycles. The van der Waals surface area contributed by atoms with Gasteiger partial charge in [0.1, 0.15) is 11.2 Å². The van der Waals surface area contributed by atoms with Crippen molar-refractivity contribution in [3.05, 3.63) is 170 Å². The Hall–Kier alpha value is -6.32. The number of hydrogen-bond acceptors (Lipinski definition) is 3. The van der Waals surface area contributed by atoms with Crippen LogP contribution < -0.4 is 0 Å². The van der Waals surface area contributed by atoms with Gasteiger partial charge in [0, 0.05) is 32.8 Å². The number of aromatic nitrogens is 2. The van der Waals surface area contributed by atoms with Crippen LogP contribution in [0.15, 0.2) is 174 Å². The number of furan rings is 1. The summed E-state index contributed by atoms with van der Waals surface area (Å²) in [6, 6.07) is 59.0. The minimum atomic E-state index is 0.690. The Kier molecular flexibility index (Phi) is 6.46. The van der Waals surface area contributed by atoms with Crippen LogP contribution in [0.2, 0.25) is 0 Å². The van der Waals surface area contributed by atoms with Crippen LogP contribution in [0.4, 0.5) is 0 Å². The van der Waals surface area contributed by atoms with E-state index in [9.17, 15) is 0 Å². The molecule has 0 fully saturated rings. The maximum atomic E-state index is 6.57. The Labute approximate surface area is 272 Å². The van der Waals surface area contributed by atoms with Crippen molar-refractivity contribution in [1.82, 2.24) is 9.97 Å². The normalized spacial score (nSPS) is 11.4. The first-order valence-electron chi connectivity index (χ1n) is 15.8. The molecular weight excluding hydrogens is 572 g/mol. The minimum Gasteiger partial charge on any atom is -0.455 e. The second-order valence-electron chi connectivity index (χ2n) is 11.8. The summed E-state index contributed by atoms with van der Waals surface area (Å²) in [4.78, 5) is 10.4. The lowest BCUT2D eigenvalue weighted by molar-refractivity contribution is 0.673. The van der Waals surface area contributed by atoms with E-state index in [0.29, 0.717) is 5.82 Å². The Morgan fingerprint density at radius 1 is 0.340 bits per heavy atom. The highest BCUT2D eigenvalue weighted by Crippen LogP contribution is 2.41. The monoisotopic (exact) mass is 600 g/mol. The molecule has 0 bridgehead atoms. The number of rotatable bonds is 5. The summed E-state index contributed by atoms with van der Waals surface area (Å²) >= 11 is 0. The van der Waals surface area contributed by atoms with Crippen LogP contribution >= 0.6 is 0 Å². The van der Waals surface area contributed by atoms with Gasteiger partial charge >= 0.3 is 0 Å². The molecule has 0 aliphatic heterocycles. The maximum absolute atomic E-state index is 6.57. The predicted molar refractivity (Wildman–Crippen MR) is 194 cm³/mol. The van der Waals surface area contributed by atoms with Gasteiger partial charge in [-0.15, -0.1) is 0 Å². The molecule has 0 amide bonds. The Bertz CT molecular complexity index is 2550. The average molecular weight is 601 g/mol. The smallest absolute Gasteiger partial charge is 0.161 e. The molecule has 0 aliphatic carbocycles. The molecule has 0 saturated carbocycles. The van der Waals surface area contributed by atoms with Crippen LogP contribution in [-0.2, 0) is 0 Å². The standard InChI is InChI=1S/C44H28N2O/c1-4-14-29(15-5-1)33-20-10-13-23-36(33)44-45-40(31-18-8-3-9-19-31)28-41(46-44)32-24-25-42-38(26-32)39-27-37(30-16-6-2-7-17-30)34-21-11-12-22-35(34)43(39)47-42/h1-28H. The van der Waals surface area contributed by atoms with E-state index in [0.717, 1.165) is 66.5 Å². The number of fused-ring (bicyclic) bond motifs is 5. The van der Waals surface area contributed by atoms with Crippen molar-refractivity contribution in [2.45, 2.75) is 0 Å². The molecule has 2 heterocycles. The second-order valence-corrected chi connectivity index (χ2v) is 11.8. The third kappa shape index (κ3) is 4.77. The molecule has 220 valence electrons. The van der Waals surface area contributed by atoms with Crippen molar-refractivity contribution in [3.8, 4) is 56.2 Å². The molecule has 0 atom stereocenters. The van der Waals surface area contributed by atoms with E-state index < -0.39 is 0 Å². The molecule has 3 nitrogen and oxygen atoms in total. The maximum Gasteiger partial charge on any atom is 0.161 e. The first-order chi connectivity index (χ1) is 23.3. The molecular formula is C44H28N2O. The van der Waals surface area contributed by atoms with Gasteiger partial charge in [0.15, 0.2) is 5.82 Å². The van der Waals surface area contributed by atoms with Crippen LogP contribution in [0.1, 0.15) is 0 Å². The highest BCUT2D eigenvalue weighted by molar-refractivity contribution is 6.19. The first-order valence-corrected chi connectivity index (χ1v) is 15.8. The molecule has 0 aliphatic rings. The SMILES string of the molecule is c1ccc(-c2cc(-c3ccc4oc5c6ccccc6c(-c6ccccc6)cc5c4c3)nc(-c3ccccc3-c3ccccc3)n2)cc1. The number of benzene rings is 7. The lowest BCUT2D eigenvalue weighted by atomic mass is 9.95. The summed E-state index contributed by atoms with van der Waals surface area (Å²) in [5.74, 6) is 0.690. The molecule has 0 radical (unpaired) electrons. The average Bonchev–Trinajstić information content (AvgIpc) is 3.53. The van der Waals surface area contributed by atoms with Gasteiger partial charge in [0.25, 0.3) is 0 Å². The zero-order valence-corrected chi connectivity index (χ0v) is 25.5. The van der Waals surface area contributed by atoms with Gasteiger partial charge in [0.2, 0.25) is 0 Å². The molecule has 0 unspecified atom stereocenters. The Balaban J connectivity index is 1.27. The molecule has 0 N–H and O–H groups in total. The molecule has 0 saturated heterocycles. The van der Waals surface area contributed by atoms with Crippen molar-refractivity contribution in [2.24, 2.45) is 0 Å². The molecule has 9 aromatic rings. The van der Waals surface area contributed by atoms with Crippen LogP contribution in [-0.4, -0.2) is 9.97 Å². The summed E-state index contributed by atoms with van der Waals surface area (Å²) in [6.45, 7) is 0. The first kappa shape index (κ1) is 27.0. The van der Waals surface area contributed by atoms with E-state index in [4.69, 9.17) is 14.4 Å². The summed E-state index contributed by atoms with van der Waals surface area (Å²) in [6.07, 6.45) is 0. The lowest BCUT2D eigenvalue weighted by Crippen LogP contribution is -1.97. The van der Waals surface area contributed by atoms with E-state index in [-0.39, 0.29) is 0 Å². The van der Waals surface area contributed by atoms with Crippen molar-refractivity contribution in [3.63, 3.8) is 0 Å². The summed E-state index contributed by atoms with van der Waals surface area (Å²) < 4.78 is 6.57. The van der Waals surface area contributed by atoms with Gasteiger partial charge in [-0.2, -0.15) is 0 Å². The summed E-state index contributed by atoms with van der Waals surface area (Å²) in [7, 11) is 0. The van der Waals surface area contributed by atoms with Crippen molar-refractivity contribution in [1.29, 1.82) is 0 Å². The molecule has 0 spiro atoms. The summed E-state index contributed by atoms with van der Waals surface area (Å²) in [5, 5.41) is 4.43. The molecule has 3 heteroatoms. The fourth-order valence-electron chi connectivity index (χ4n) is 6.63. The van der Waals surface area contributed by atoms with Gasteiger partial charge in [-0.1, -0.05) is 140 Å². The van der Waals surface area contributed by atoms with Gasteiger partial charge in [0.05, 0.1) is 11.4 Å². The zero-order valence-electron chi connectivity index (χ0n) is 25.5. The molecule has 9 rings (SSSR count). The molecule has 2 aromatic heterocycles. The fourth-order valence-corrected chi connectivity index (χ4v) is 6.63. The zero-order chi connectivity index (χ0) is 31.2. The van der Waals surface area contributed by atoms with Gasteiger partial charge in [-0.3, -0.25) is 0 Å². The predicted octanol–water partition coefficient (Wildman–Crippen LogP) is 11.9. The molecule has 47 heavy (non-hydrogen) atoms. The van der Waals surface area contributed by atoms with Crippen LogP contribution in [0.3, 0.4) is 0 Å². The van der Waals surface area contributed by atoms with Crippen molar-refractivity contribution >= 4 is 32.7 Å². The second kappa shape index (κ2) is 11.2. The largest absolute Gasteiger partial charge is 0.455 e. The van der Waals surface area contributed by atoms with E-state index in [1.807, 2.05) is 24.3 Å².